The van der Waals surface area contributed by atoms with E-state index in [9.17, 15) is 9.59 Å². The molecule has 0 saturated heterocycles. The van der Waals surface area contributed by atoms with E-state index in [1.807, 2.05) is 20.8 Å². The fourth-order valence-electron chi connectivity index (χ4n) is 1.47. The summed E-state index contributed by atoms with van der Waals surface area (Å²) in [6, 6.07) is 0. The Bertz CT molecular complexity index is 364. The van der Waals surface area contributed by atoms with Gasteiger partial charge in [0.25, 0.3) is 0 Å². The van der Waals surface area contributed by atoms with Crippen LogP contribution in [0.15, 0.2) is 12.3 Å². The van der Waals surface area contributed by atoms with E-state index in [1.165, 1.54) is 6.92 Å². The van der Waals surface area contributed by atoms with Gasteiger partial charge in [-0.2, -0.15) is 4.89 Å². The number of hydrogen-bond donors (Lipinski definition) is 1. The van der Waals surface area contributed by atoms with Crippen molar-refractivity contribution in [3.8, 4) is 0 Å². The Kier molecular flexibility index (Phi) is 9.97. The summed E-state index contributed by atoms with van der Waals surface area (Å²) in [6.07, 6.45) is 1.57. The van der Waals surface area contributed by atoms with E-state index in [0.717, 1.165) is 25.2 Å². The predicted octanol–water partition coefficient (Wildman–Crippen LogP) is 2.63. The summed E-state index contributed by atoms with van der Waals surface area (Å²) in [5.41, 5.74) is -0.433. The molecule has 8 heteroatoms. The molecule has 0 aromatic heterocycles. The van der Waals surface area contributed by atoms with Gasteiger partial charge in [-0.3, -0.25) is 0 Å². The Morgan fingerprint density at radius 3 is 2.55 bits per heavy atom. The van der Waals surface area contributed by atoms with Gasteiger partial charge in [0.2, 0.25) is 6.29 Å². The lowest BCUT2D eigenvalue weighted by atomic mass is 10.0. The van der Waals surface area contributed by atoms with Gasteiger partial charge in [0, 0.05) is 0 Å². The normalized spacial score (nSPS) is 12.9. The number of carbonyl (C=O) groups is 2. The lowest BCUT2D eigenvalue weighted by Gasteiger charge is -2.21. The largest absolute Gasteiger partial charge is 0.508 e. The SMILES string of the molecule is CCCC(C)(C)OOC=CC(=O)OCCOC(C)OC(=O)O. The molecule has 0 aromatic rings. The Balaban J connectivity index is 3.73. The maximum Gasteiger partial charge on any atom is 0.508 e. The van der Waals surface area contributed by atoms with E-state index in [-0.39, 0.29) is 13.2 Å². The molecule has 1 atom stereocenters. The topological polar surface area (TPSA) is 101 Å². The van der Waals surface area contributed by atoms with E-state index in [1.54, 1.807) is 0 Å². The van der Waals surface area contributed by atoms with Gasteiger partial charge in [-0.25, -0.2) is 9.59 Å². The Hall–Kier alpha value is -1.80. The molecule has 0 spiro atoms. The minimum absolute atomic E-state index is 0.00884. The second kappa shape index (κ2) is 10.9. The van der Waals surface area contributed by atoms with Gasteiger partial charge in [-0.05, 0) is 27.2 Å². The van der Waals surface area contributed by atoms with Crippen LogP contribution in [0, 0.1) is 0 Å². The van der Waals surface area contributed by atoms with Crippen LogP contribution in [0.4, 0.5) is 4.79 Å². The molecule has 0 amide bonds. The van der Waals surface area contributed by atoms with Crippen molar-refractivity contribution in [3.05, 3.63) is 12.3 Å². The molecule has 0 aliphatic rings. The smallest absolute Gasteiger partial charge is 0.460 e. The number of hydrogen-bond acceptors (Lipinski definition) is 7. The Morgan fingerprint density at radius 2 is 1.95 bits per heavy atom. The first-order chi connectivity index (χ1) is 10.3. The number of rotatable bonds is 11. The van der Waals surface area contributed by atoms with E-state index in [4.69, 9.17) is 24.4 Å². The highest BCUT2D eigenvalue weighted by Crippen LogP contribution is 2.16. The molecule has 0 aliphatic heterocycles. The first-order valence-electron chi connectivity index (χ1n) is 6.96. The Morgan fingerprint density at radius 1 is 1.27 bits per heavy atom. The molecular weight excluding hydrogens is 296 g/mol. The van der Waals surface area contributed by atoms with Crippen LogP contribution in [0.3, 0.4) is 0 Å². The minimum Gasteiger partial charge on any atom is -0.460 e. The van der Waals surface area contributed by atoms with Crippen LogP contribution in [0.25, 0.3) is 0 Å². The van der Waals surface area contributed by atoms with Gasteiger partial charge in [0.15, 0.2) is 0 Å². The van der Waals surface area contributed by atoms with Crippen molar-refractivity contribution in [1.82, 2.24) is 0 Å². The van der Waals surface area contributed by atoms with Gasteiger partial charge in [-0.1, -0.05) is 13.3 Å². The number of esters is 1. The zero-order valence-electron chi connectivity index (χ0n) is 13.4. The van der Waals surface area contributed by atoms with Crippen molar-refractivity contribution in [2.75, 3.05) is 13.2 Å². The van der Waals surface area contributed by atoms with Crippen molar-refractivity contribution in [2.45, 2.75) is 52.4 Å². The lowest BCUT2D eigenvalue weighted by molar-refractivity contribution is -0.317. The molecule has 0 fully saturated rings. The number of carbonyl (C=O) groups excluding carboxylic acids is 1. The highest BCUT2D eigenvalue weighted by atomic mass is 17.2. The third kappa shape index (κ3) is 12.0. The summed E-state index contributed by atoms with van der Waals surface area (Å²) in [7, 11) is 0. The van der Waals surface area contributed by atoms with Crippen molar-refractivity contribution in [2.24, 2.45) is 0 Å². The monoisotopic (exact) mass is 320 g/mol. The maximum atomic E-state index is 11.3. The van der Waals surface area contributed by atoms with Crippen molar-refractivity contribution in [3.63, 3.8) is 0 Å². The van der Waals surface area contributed by atoms with Crippen LogP contribution in [-0.4, -0.2) is 42.3 Å². The third-order valence-electron chi connectivity index (χ3n) is 2.33. The van der Waals surface area contributed by atoms with Crippen LogP contribution in [0.2, 0.25) is 0 Å². The molecule has 0 radical (unpaired) electrons. The second-order valence-corrected chi connectivity index (χ2v) is 4.98. The summed E-state index contributed by atoms with van der Waals surface area (Å²) in [5.74, 6) is -0.632. The van der Waals surface area contributed by atoms with Gasteiger partial charge in [-0.15, -0.1) is 0 Å². The molecule has 128 valence electrons. The average Bonchev–Trinajstić information content (AvgIpc) is 2.39. The summed E-state index contributed by atoms with van der Waals surface area (Å²) < 4.78 is 14.0. The molecule has 0 bridgehead atoms. The van der Waals surface area contributed by atoms with Crippen LogP contribution in [0.5, 0.6) is 0 Å². The minimum atomic E-state index is -1.43. The zero-order chi connectivity index (χ0) is 17.0. The van der Waals surface area contributed by atoms with E-state index >= 15 is 0 Å². The van der Waals surface area contributed by atoms with E-state index in [2.05, 4.69) is 4.74 Å². The lowest BCUT2D eigenvalue weighted by Crippen LogP contribution is -2.23. The fraction of sp³-hybridized carbons (Fsp3) is 0.714. The van der Waals surface area contributed by atoms with Gasteiger partial charge in [0.05, 0.1) is 12.7 Å². The standard InChI is InChI=1S/C14H24O8/c1-5-7-14(3,4)22-20-8-6-12(15)19-10-9-18-11(2)21-13(16)17/h6,8,11H,5,7,9-10H2,1-4H3,(H,16,17). The zero-order valence-corrected chi connectivity index (χ0v) is 13.4. The molecule has 0 aromatic carbocycles. The summed E-state index contributed by atoms with van der Waals surface area (Å²) in [5, 5.41) is 8.32. The molecule has 22 heavy (non-hydrogen) atoms. The van der Waals surface area contributed by atoms with Crippen molar-refractivity contribution < 1.29 is 38.7 Å². The molecule has 8 nitrogen and oxygen atoms in total. The number of ether oxygens (including phenoxy) is 3. The van der Waals surface area contributed by atoms with E-state index < -0.39 is 24.0 Å². The van der Waals surface area contributed by atoms with Crippen LogP contribution < -0.4 is 0 Å². The van der Waals surface area contributed by atoms with Crippen molar-refractivity contribution >= 4 is 12.1 Å². The van der Waals surface area contributed by atoms with Gasteiger partial charge < -0.3 is 24.2 Å². The predicted molar refractivity (Wildman–Crippen MR) is 75.8 cm³/mol. The molecule has 0 saturated carbocycles. The molecule has 0 rings (SSSR count). The van der Waals surface area contributed by atoms with Crippen LogP contribution in [-0.2, 0) is 28.8 Å². The summed E-state index contributed by atoms with van der Waals surface area (Å²) in [6.45, 7) is 7.16. The third-order valence-corrected chi connectivity index (χ3v) is 2.33. The highest BCUT2D eigenvalue weighted by Gasteiger charge is 2.18. The first kappa shape index (κ1) is 20.2. The van der Waals surface area contributed by atoms with Gasteiger partial charge >= 0.3 is 12.1 Å². The van der Waals surface area contributed by atoms with Crippen LogP contribution >= 0.6 is 0 Å². The number of carboxylic acid groups (broad SMARTS) is 1. The molecule has 0 heterocycles. The maximum absolute atomic E-state index is 11.3. The Labute approximate surface area is 129 Å². The highest BCUT2D eigenvalue weighted by molar-refractivity contribution is 5.81. The van der Waals surface area contributed by atoms with Crippen molar-refractivity contribution in [1.29, 1.82) is 0 Å². The molecular formula is C14H24O8. The quantitative estimate of drug-likeness (QED) is 0.118. The van der Waals surface area contributed by atoms with Crippen LogP contribution in [0.1, 0.15) is 40.5 Å². The van der Waals surface area contributed by atoms with Gasteiger partial charge in [0.1, 0.15) is 18.5 Å². The molecule has 0 aliphatic carbocycles. The van der Waals surface area contributed by atoms with E-state index in [0.29, 0.717) is 0 Å². The average molecular weight is 320 g/mol. The first-order valence-corrected chi connectivity index (χ1v) is 6.96. The summed E-state index contributed by atoms with van der Waals surface area (Å²) >= 11 is 0. The summed E-state index contributed by atoms with van der Waals surface area (Å²) in [4.78, 5) is 31.4. The molecule has 1 N–H and O–H groups in total. The fourth-order valence-corrected chi connectivity index (χ4v) is 1.47. The second-order valence-electron chi connectivity index (χ2n) is 4.98. The molecule has 1 unspecified atom stereocenters.